The zero-order valence-corrected chi connectivity index (χ0v) is 15.5. The summed E-state index contributed by atoms with van der Waals surface area (Å²) in [4.78, 5) is 11.1. The first-order chi connectivity index (χ1) is 12.6. The third-order valence-electron chi connectivity index (χ3n) is 4.50. The second-order valence-electron chi connectivity index (χ2n) is 6.06. The normalized spacial score (nSPS) is 16.1. The van der Waals surface area contributed by atoms with E-state index >= 15 is 0 Å². The van der Waals surface area contributed by atoms with E-state index in [1.165, 1.54) is 10.6 Å². The van der Waals surface area contributed by atoms with Crippen LogP contribution >= 0.6 is 11.6 Å². The highest BCUT2D eigenvalue weighted by Crippen LogP contribution is 2.27. The van der Waals surface area contributed by atoms with E-state index in [9.17, 15) is 8.42 Å². The topological polar surface area (TPSA) is 66.4 Å². The lowest BCUT2D eigenvalue weighted by molar-refractivity contribution is 0.384. The standard InChI is InChI=1S/C18H17ClN4O2S/c19-14-6-7-16-17(12-14)20-13-21-18(16)22-8-10-23(11-9-22)26(24,25)15-4-2-1-3-5-15/h1-7,12-13H,8-11H2. The summed E-state index contributed by atoms with van der Waals surface area (Å²) < 4.78 is 27.0. The third kappa shape index (κ3) is 3.13. The lowest BCUT2D eigenvalue weighted by atomic mass is 10.2. The van der Waals surface area contributed by atoms with Gasteiger partial charge in [0.2, 0.25) is 10.0 Å². The summed E-state index contributed by atoms with van der Waals surface area (Å²) in [5, 5.41) is 1.54. The van der Waals surface area contributed by atoms with Crippen LogP contribution in [0, 0.1) is 0 Å². The molecule has 26 heavy (non-hydrogen) atoms. The molecule has 0 aliphatic carbocycles. The predicted octanol–water partition coefficient (Wildman–Crippen LogP) is 2.79. The summed E-state index contributed by atoms with van der Waals surface area (Å²) in [5.41, 5.74) is 0.779. The van der Waals surface area contributed by atoms with E-state index in [1.54, 1.807) is 30.3 Å². The maximum Gasteiger partial charge on any atom is 0.243 e. The highest BCUT2D eigenvalue weighted by atomic mass is 35.5. The Hall–Kier alpha value is -2.22. The first-order valence-electron chi connectivity index (χ1n) is 8.26. The molecule has 1 aromatic heterocycles. The summed E-state index contributed by atoms with van der Waals surface area (Å²) in [5.74, 6) is 0.809. The van der Waals surface area contributed by atoms with Crippen molar-refractivity contribution in [3.05, 3.63) is 59.9 Å². The van der Waals surface area contributed by atoms with E-state index in [0.29, 0.717) is 36.1 Å². The minimum absolute atomic E-state index is 0.329. The largest absolute Gasteiger partial charge is 0.353 e. The number of anilines is 1. The molecule has 1 saturated heterocycles. The number of aromatic nitrogens is 2. The SMILES string of the molecule is O=S(=O)(c1ccccc1)N1CCN(c2ncnc3cc(Cl)ccc23)CC1. The van der Waals surface area contributed by atoms with Crippen molar-refractivity contribution in [2.75, 3.05) is 31.1 Å². The molecule has 0 N–H and O–H groups in total. The van der Waals surface area contributed by atoms with Gasteiger partial charge in [-0.2, -0.15) is 4.31 Å². The van der Waals surface area contributed by atoms with Crippen LogP contribution in [-0.4, -0.2) is 48.9 Å². The number of benzene rings is 2. The van der Waals surface area contributed by atoms with E-state index in [-0.39, 0.29) is 0 Å². The van der Waals surface area contributed by atoms with E-state index < -0.39 is 10.0 Å². The van der Waals surface area contributed by atoms with Crippen LogP contribution < -0.4 is 4.90 Å². The molecule has 0 amide bonds. The number of piperazine rings is 1. The maximum absolute atomic E-state index is 12.7. The summed E-state index contributed by atoms with van der Waals surface area (Å²) >= 11 is 6.04. The molecule has 6 nitrogen and oxygen atoms in total. The first-order valence-corrected chi connectivity index (χ1v) is 10.1. The molecular weight excluding hydrogens is 372 g/mol. The van der Waals surface area contributed by atoms with Gasteiger partial charge in [-0.1, -0.05) is 29.8 Å². The zero-order chi connectivity index (χ0) is 18.1. The molecule has 0 radical (unpaired) electrons. The highest BCUT2D eigenvalue weighted by Gasteiger charge is 2.29. The molecule has 0 bridgehead atoms. The Morgan fingerprint density at radius 2 is 1.65 bits per heavy atom. The fourth-order valence-electron chi connectivity index (χ4n) is 3.15. The van der Waals surface area contributed by atoms with Crippen molar-refractivity contribution in [3.63, 3.8) is 0 Å². The fraction of sp³-hybridized carbons (Fsp3) is 0.222. The van der Waals surface area contributed by atoms with Crippen LogP contribution in [0.5, 0.6) is 0 Å². The van der Waals surface area contributed by atoms with Crippen LogP contribution in [0.25, 0.3) is 10.9 Å². The molecule has 2 heterocycles. The quantitative estimate of drug-likeness (QED) is 0.690. The first kappa shape index (κ1) is 17.2. The van der Waals surface area contributed by atoms with E-state index in [1.807, 2.05) is 18.2 Å². The number of hydrogen-bond donors (Lipinski definition) is 0. The van der Waals surface area contributed by atoms with Gasteiger partial charge in [-0.15, -0.1) is 0 Å². The van der Waals surface area contributed by atoms with Gasteiger partial charge >= 0.3 is 0 Å². The van der Waals surface area contributed by atoms with Gasteiger partial charge in [0.1, 0.15) is 12.1 Å². The molecule has 4 rings (SSSR count). The average Bonchev–Trinajstić information content (AvgIpc) is 2.68. The average molecular weight is 389 g/mol. The maximum atomic E-state index is 12.7. The number of fused-ring (bicyclic) bond motifs is 1. The molecule has 2 aromatic carbocycles. The van der Waals surface area contributed by atoms with E-state index in [4.69, 9.17) is 11.6 Å². The van der Waals surface area contributed by atoms with Gasteiger partial charge in [0.05, 0.1) is 10.4 Å². The Kier molecular flexibility index (Phi) is 4.52. The number of sulfonamides is 1. The fourth-order valence-corrected chi connectivity index (χ4v) is 4.76. The van der Waals surface area contributed by atoms with Gasteiger partial charge in [-0.25, -0.2) is 18.4 Å². The van der Waals surface area contributed by atoms with Crippen molar-refractivity contribution in [1.82, 2.24) is 14.3 Å². The Morgan fingerprint density at radius 3 is 2.38 bits per heavy atom. The Morgan fingerprint density at radius 1 is 0.923 bits per heavy atom. The molecule has 0 saturated carbocycles. The lowest BCUT2D eigenvalue weighted by Crippen LogP contribution is -2.49. The Balaban J connectivity index is 1.56. The van der Waals surface area contributed by atoms with Gasteiger partial charge in [0.25, 0.3) is 0 Å². The minimum atomic E-state index is -3.46. The monoisotopic (exact) mass is 388 g/mol. The molecule has 0 unspecified atom stereocenters. The second kappa shape index (κ2) is 6.83. The van der Waals surface area contributed by atoms with Crippen molar-refractivity contribution in [3.8, 4) is 0 Å². The number of rotatable bonds is 3. The van der Waals surface area contributed by atoms with Crippen LogP contribution in [0.1, 0.15) is 0 Å². The molecule has 1 aliphatic rings. The Labute approximate surface area is 157 Å². The summed E-state index contributed by atoms with van der Waals surface area (Å²) in [7, 11) is -3.46. The van der Waals surface area contributed by atoms with Crippen LogP contribution in [0.4, 0.5) is 5.82 Å². The van der Waals surface area contributed by atoms with Crippen molar-refractivity contribution in [1.29, 1.82) is 0 Å². The predicted molar refractivity (Wildman–Crippen MR) is 102 cm³/mol. The zero-order valence-electron chi connectivity index (χ0n) is 13.9. The summed E-state index contributed by atoms with van der Waals surface area (Å²) in [6.45, 7) is 1.97. The lowest BCUT2D eigenvalue weighted by Gasteiger charge is -2.35. The van der Waals surface area contributed by atoms with Crippen molar-refractivity contribution < 1.29 is 8.42 Å². The summed E-state index contributed by atoms with van der Waals surface area (Å²) in [6, 6.07) is 14.1. The van der Waals surface area contributed by atoms with Gasteiger partial charge in [-0.3, -0.25) is 0 Å². The molecule has 134 valence electrons. The number of halogens is 1. The van der Waals surface area contributed by atoms with Gasteiger partial charge in [-0.05, 0) is 30.3 Å². The van der Waals surface area contributed by atoms with Crippen LogP contribution in [0.3, 0.4) is 0 Å². The molecule has 0 spiro atoms. The van der Waals surface area contributed by atoms with E-state index in [2.05, 4.69) is 14.9 Å². The highest BCUT2D eigenvalue weighted by molar-refractivity contribution is 7.89. The molecule has 8 heteroatoms. The Bertz CT molecular complexity index is 1040. The molecular formula is C18H17ClN4O2S. The van der Waals surface area contributed by atoms with Crippen molar-refractivity contribution >= 4 is 38.3 Å². The third-order valence-corrected chi connectivity index (χ3v) is 6.64. The minimum Gasteiger partial charge on any atom is -0.353 e. The number of hydrogen-bond acceptors (Lipinski definition) is 5. The van der Waals surface area contributed by atoms with Crippen molar-refractivity contribution in [2.24, 2.45) is 0 Å². The van der Waals surface area contributed by atoms with Crippen molar-refractivity contribution in [2.45, 2.75) is 4.90 Å². The summed E-state index contributed by atoms with van der Waals surface area (Å²) in [6.07, 6.45) is 1.51. The second-order valence-corrected chi connectivity index (χ2v) is 8.44. The number of nitrogens with zero attached hydrogens (tertiary/aromatic N) is 4. The van der Waals surface area contributed by atoms with Crippen LogP contribution in [0.2, 0.25) is 5.02 Å². The van der Waals surface area contributed by atoms with Gasteiger partial charge in [0.15, 0.2) is 0 Å². The molecule has 3 aromatic rings. The smallest absolute Gasteiger partial charge is 0.243 e. The van der Waals surface area contributed by atoms with Gasteiger partial charge < -0.3 is 4.90 Å². The molecule has 0 atom stereocenters. The van der Waals surface area contributed by atoms with Crippen LogP contribution in [-0.2, 0) is 10.0 Å². The van der Waals surface area contributed by atoms with E-state index in [0.717, 1.165) is 16.7 Å². The molecule has 1 fully saturated rings. The molecule has 1 aliphatic heterocycles. The van der Waals surface area contributed by atoms with Gasteiger partial charge in [0, 0.05) is 36.6 Å². The van der Waals surface area contributed by atoms with Crippen LogP contribution in [0.15, 0.2) is 59.8 Å².